The molecule has 30 heavy (non-hydrogen) atoms. The Labute approximate surface area is 177 Å². The zero-order chi connectivity index (χ0) is 20.7. The smallest absolute Gasteiger partial charge is 0.253 e. The number of aromatic amines is 1. The Kier molecular flexibility index (Phi) is 5.23. The maximum atomic E-state index is 12.8. The Hall–Kier alpha value is -2.40. The lowest BCUT2D eigenvalue weighted by molar-refractivity contribution is 0.408. The van der Waals surface area contributed by atoms with Gasteiger partial charge in [-0.15, -0.1) is 0 Å². The third kappa shape index (κ3) is 3.60. The molecule has 0 amide bonds. The molecule has 5 nitrogen and oxygen atoms in total. The number of hydrogen-bond acceptors (Lipinski definition) is 3. The number of nitrogens with zero attached hydrogens (tertiary/aromatic N) is 2. The molecule has 0 unspecified atom stereocenters. The number of benzene rings is 1. The maximum Gasteiger partial charge on any atom is 0.253 e. The van der Waals surface area contributed by atoms with E-state index in [1.807, 2.05) is 4.68 Å². The zero-order valence-electron chi connectivity index (χ0n) is 18.1. The molecule has 1 aromatic carbocycles. The monoisotopic (exact) mass is 404 g/mol. The van der Waals surface area contributed by atoms with Crippen LogP contribution in [0.15, 0.2) is 29.1 Å². The summed E-state index contributed by atoms with van der Waals surface area (Å²) in [5, 5.41) is 9.79. The average Bonchev–Trinajstić information content (AvgIpc) is 3.04. The van der Waals surface area contributed by atoms with Gasteiger partial charge in [0.1, 0.15) is 5.65 Å². The minimum Gasteiger partial charge on any atom is -0.310 e. The van der Waals surface area contributed by atoms with Crippen LogP contribution in [0.25, 0.3) is 11.0 Å². The van der Waals surface area contributed by atoms with Crippen molar-refractivity contribution in [3.63, 3.8) is 0 Å². The van der Waals surface area contributed by atoms with E-state index in [0.29, 0.717) is 18.5 Å². The number of fused-ring (bicyclic) bond motifs is 3. The standard InChI is InChI=1S/C25H32N4O/c1-16(2)26-14-17-10-12-18(13-11-17)15-29-24-22(23(28-29)19-6-5-7-19)20-8-3-4-9-21(20)25(30)27-24/h10-13,16,19,26H,3-9,14-15H2,1-2H3,(H,27,30). The Morgan fingerprint density at radius 3 is 2.43 bits per heavy atom. The van der Waals surface area contributed by atoms with Crippen LogP contribution in [0.1, 0.15) is 79.8 Å². The highest BCUT2D eigenvalue weighted by atomic mass is 16.1. The summed E-state index contributed by atoms with van der Waals surface area (Å²) in [6.07, 6.45) is 7.94. The lowest BCUT2D eigenvalue weighted by Gasteiger charge is -2.25. The maximum absolute atomic E-state index is 12.8. The van der Waals surface area contributed by atoms with Gasteiger partial charge in [-0.1, -0.05) is 44.5 Å². The molecule has 1 fully saturated rings. The van der Waals surface area contributed by atoms with E-state index in [0.717, 1.165) is 37.0 Å². The molecule has 5 rings (SSSR count). The molecule has 3 aromatic rings. The number of H-pyrrole nitrogens is 1. The predicted molar refractivity (Wildman–Crippen MR) is 121 cm³/mol. The average molecular weight is 405 g/mol. The molecule has 0 radical (unpaired) electrons. The van der Waals surface area contributed by atoms with E-state index < -0.39 is 0 Å². The number of hydrogen-bond donors (Lipinski definition) is 2. The lowest BCUT2D eigenvalue weighted by atomic mass is 9.80. The predicted octanol–water partition coefficient (Wildman–Crippen LogP) is 4.42. The molecule has 0 saturated heterocycles. The highest BCUT2D eigenvalue weighted by Gasteiger charge is 2.29. The number of rotatable bonds is 6. The molecule has 2 aromatic heterocycles. The van der Waals surface area contributed by atoms with Crippen molar-refractivity contribution in [1.29, 1.82) is 0 Å². The van der Waals surface area contributed by atoms with Crippen molar-refractivity contribution >= 4 is 11.0 Å². The van der Waals surface area contributed by atoms with Gasteiger partial charge in [0.25, 0.3) is 5.56 Å². The third-order valence-electron chi connectivity index (χ3n) is 6.82. The molecular formula is C25H32N4O. The first kappa shape index (κ1) is 19.6. The van der Waals surface area contributed by atoms with E-state index in [-0.39, 0.29) is 5.56 Å². The molecule has 2 aliphatic carbocycles. The molecule has 2 N–H and O–H groups in total. The van der Waals surface area contributed by atoms with Crippen molar-refractivity contribution in [3.05, 3.63) is 62.6 Å². The van der Waals surface area contributed by atoms with Gasteiger partial charge in [0.15, 0.2) is 0 Å². The third-order valence-corrected chi connectivity index (χ3v) is 6.82. The van der Waals surface area contributed by atoms with Crippen molar-refractivity contribution in [3.8, 4) is 0 Å². The molecule has 1 saturated carbocycles. The second-order valence-corrected chi connectivity index (χ2v) is 9.36. The van der Waals surface area contributed by atoms with Crippen LogP contribution < -0.4 is 10.9 Å². The SMILES string of the molecule is CC(C)NCc1ccc(Cn2nc(C3CCC3)c3c4c(c(=O)[nH]c32)CCCC4)cc1. The molecule has 158 valence electrons. The summed E-state index contributed by atoms with van der Waals surface area (Å²) in [4.78, 5) is 16.0. The first-order valence-electron chi connectivity index (χ1n) is 11.6. The second-order valence-electron chi connectivity index (χ2n) is 9.36. The highest BCUT2D eigenvalue weighted by Crippen LogP contribution is 2.41. The van der Waals surface area contributed by atoms with Crippen molar-refractivity contribution < 1.29 is 0 Å². The Morgan fingerprint density at radius 2 is 1.77 bits per heavy atom. The van der Waals surface area contributed by atoms with Crippen LogP contribution in [0.5, 0.6) is 0 Å². The van der Waals surface area contributed by atoms with Crippen molar-refractivity contribution in [2.75, 3.05) is 0 Å². The lowest BCUT2D eigenvalue weighted by Crippen LogP contribution is -2.21. The minimum absolute atomic E-state index is 0.0913. The fourth-order valence-corrected chi connectivity index (χ4v) is 4.86. The van der Waals surface area contributed by atoms with Crippen molar-refractivity contribution in [2.45, 2.75) is 83.8 Å². The van der Waals surface area contributed by atoms with E-state index >= 15 is 0 Å². The quantitative estimate of drug-likeness (QED) is 0.639. The zero-order valence-corrected chi connectivity index (χ0v) is 18.1. The van der Waals surface area contributed by atoms with Crippen molar-refractivity contribution in [1.82, 2.24) is 20.1 Å². The first-order valence-corrected chi connectivity index (χ1v) is 11.6. The van der Waals surface area contributed by atoms with E-state index in [4.69, 9.17) is 5.10 Å². The second kappa shape index (κ2) is 8.03. The van der Waals surface area contributed by atoms with Gasteiger partial charge in [-0.05, 0) is 55.2 Å². The largest absolute Gasteiger partial charge is 0.310 e. The van der Waals surface area contributed by atoms with Gasteiger partial charge >= 0.3 is 0 Å². The summed E-state index contributed by atoms with van der Waals surface area (Å²) >= 11 is 0. The van der Waals surface area contributed by atoms with Gasteiger partial charge in [-0.25, -0.2) is 4.68 Å². The van der Waals surface area contributed by atoms with E-state index in [2.05, 4.69) is 48.4 Å². The van der Waals surface area contributed by atoms with E-state index in [1.165, 1.54) is 53.5 Å². The van der Waals surface area contributed by atoms with Crippen LogP contribution in [0.3, 0.4) is 0 Å². The molecule has 0 aliphatic heterocycles. The Morgan fingerprint density at radius 1 is 1.07 bits per heavy atom. The topological polar surface area (TPSA) is 62.7 Å². The van der Waals surface area contributed by atoms with Gasteiger partial charge in [-0.2, -0.15) is 5.10 Å². The van der Waals surface area contributed by atoms with Crippen molar-refractivity contribution in [2.24, 2.45) is 0 Å². The highest BCUT2D eigenvalue weighted by molar-refractivity contribution is 5.84. The minimum atomic E-state index is 0.0913. The van der Waals surface area contributed by atoms with E-state index in [9.17, 15) is 4.79 Å². The molecular weight excluding hydrogens is 372 g/mol. The molecule has 5 heteroatoms. The van der Waals surface area contributed by atoms with Crippen LogP contribution in [0, 0.1) is 0 Å². The fourth-order valence-electron chi connectivity index (χ4n) is 4.86. The summed E-state index contributed by atoms with van der Waals surface area (Å²) < 4.78 is 2.04. The Balaban J connectivity index is 1.51. The molecule has 2 aliphatic rings. The summed E-state index contributed by atoms with van der Waals surface area (Å²) in [5.41, 5.74) is 7.03. The van der Waals surface area contributed by atoms with Crippen LogP contribution in [-0.4, -0.2) is 20.8 Å². The van der Waals surface area contributed by atoms with Crippen LogP contribution >= 0.6 is 0 Å². The number of aryl methyl sites for hydroxylation is 1. The summed E-state index contributed by atoms with van der Waals surface area (Å²) in [6, 6.07) is 9.23. The molecule has 0 atom stereocenters. The van der Waals surface area contributed by atoms with Gasteiger partial charge in [0, 0.05) is 29.5 Å². The normalized spacial score (nSPS) is 16.8. The molecule has 0 spiro atoms. The number of pyridine rings is 1. The van der Waals surface area contributed by atoms with Crippen LogP contribution in [-0.2, 0) is 25.9 Å². The summed E-state index contributed by atoms with van der Waals surface area (Å²) in [7, 11) is 0. The molecule has 2 heterocycles. The van der Waals surface area contributed by atoms with Gasteiger partial charge in [0.2, 0.25) is 0 Å². The van der Waals surface area contributed by atoms with E-state index in [1.54, 1.807) is 0 Å². The number of aromatic nitrogens is 3. The van der Waals surface area contributed by atoms with Gasteiger partial charge in [0.05, 0.1) is 12.2 Å². The van der Waals surface area contributed by atoms with Gasteiger partial charge in [-0.3, -0.25) is 4.79 Å². The first-order chi connectivity index (χ1) is 14.6. The number of nitrogens with one attached hydrogen (secondary N) is 2. The summed E-state index contributed by atoms with van der Waals surface area (Å²) in [5.74, 6) is 0.551. The van der Waals surface area contributed by atoms with Gasteiger partial charge < -0.3 is 10.3 Å². The van der Waals surface area contributed by atoms with Crippen LogP contribution in [0.2, 0.25) is 0 Å². The van der Waals surface area contributed by atoms with Crippen LogP contribution in [0.4, 0.5) is 0 Å². The summed E-state index contributed by atoms with van der Waals surface area (Å²) in [6.45, 7) is 5.90. The fraction of sp³-hybridized carbons (Fsp3) is 0.520. The molecule has 0 bridgehead atoms. The Bertz CT molecular complexity index is 1100.